The van der Waals surface area contributed by atoms with Crippen molar-refractivity contribution in [2.45, 2.75) is 78.6 Å². The van der Waals surface area contributed by atoms with Crippen LogP contribution in [-0.2, 0) is 16.2 Å². The van der Waals surface area contributed by atoms with Crippen LogP contribution in [-0.4, -0.2) is 16.2 Å². The van der Waals surface area contributed by atoms with E-state index in [1.54, 1.807) is 4.90 Å². The van der Waals surface area contributed by atoms with Gasteiger partial charge in [0.25, 0.3) is 0 Å². The number of aromatic nitrogens is 2. The Morgan fingerprint density at radius 2 is 1.23 bits per heavy atom. The Kier molecular flexibility index (Phi) is 9.58. The molecule has 0 bridgehead atoms. The predicted octanol–water partition coefficient (Wildman–Crippen LogP) is 15.1. The van der Waals surface area contributed by atoms with Gasteiger partial charge in [0.2, 0.25) is 0 Å². The molecule has 0 unspecified atom stereocenters. The van der Waals surface area contributed by atoms with Crippen molar-refractivity contribution >= 4 is 44.6 Å². The van der Waals surface area contributed by atoms with E-state index in [9.17, 15) is 0 Å². The van der Waals surface area contributed by atoms with Crippen LogP contribution in [0.15, 0.2) is 140 Å². The molecule has 0 amide bonds. The van der Waals surface area contributed by atoms with Gasteiger partial charge in [-0.3, -0.25) is 4.57 Å². The summed E-state index contributed by atoms with van der Waals surface area (Å²) in [5.41, 5.74) is 9.60. The highest BCUT2D eigenvalue weighted by molar-refractivity contribution is 6.09. The van der Waals surface area contributed by atoms with Gasteiger partial charge in [-0.2, -0.15) is 0 Å². The highest BCUT2D eigenvalue weighted by atomic mass is 19.1. The third-order valence-electron chi connectivity index (χ3n) is 11.9. The molecule has 0 aliphatic carbocycles. The molecule has 0 radical (unpaired) electrons. The molecule has 1 aliphatic rings. The zero-order chi connectivity index (χ0) is 43.0. The standard InChI is InChI=1S/C54H52F2N4O/c1-52(2,3)35-20-23-40(43(29-35)54(7,8)9)34-27-37(58-33-59(51-44(55)16-14-17-45(51)56)49-30-36(53(4,5)6)21-25-47(49)58)31-39(28-34)61-38-22-24-42-41-15-10-11-18-46(41)60(48(42)32-38)50-19-12-13-26-57-50/h10-32H,33H2,1-9H3. The number of ether oxygens (including phenoxy) is 1. The van der Waals surface area contributed by atoms with Crippen LogP contribution in [0.2, 0.25) is 0 Å². The van der Waals surface area contributed by atoms with Crippen molar-refractivity contribution in [1.29, 1.82) is 0 Å². The quantitative estimate of drug-likeness (QED) is 0.167. The van der Waals surface area contributed by atoms with Gasteiger partial charge < -0.3 is 14.5 Å². The molecule has 0 fully saturated rings. The monoisotopic (exact) mass is 810 g/mol. The molecule has 1 aliphatic heterocycles. The third kappa shape index (κ3) is 7.30. The Morgan fingerprint density at radius 1 is 0.541 bits per heavy atom. The maximum atomic E-state index is 15.7. The molecule has 0 saturated carbocycles. The smallest absolute Gasteiger partial charge is 0.149 e. The van der Waals surface area contributed by atoms with Gasteiger partial charge in [0.1, 0.15) is 41.3 Å². The van der Waals surface area contributed by atoms with E-state index in [1.807, 2.05) is 42.6 Å². The zero-order valence-corrected chi connectivity index (χ0v) is 36.4. The second-order valence-electron chi connectivity index (χ2n) is 19.3. The Balaban J connectivity index is 1.24. The average molecular weight is 811 g/mol. The molecule has 2 aromatic heterocycles. The number of hydrogen-bond acceptors (Lipinski definition) is 4. The van der Waals surface area contributed by atoms with E-state index in [0.717, 1.165) is 61.4 Å². The normalized spacial score (nSPS) is 13.4. The number of rotatable bonds is 6. The van der Waals surface area contributed by atoms with Gasteiger partial charge in [0.05, 0.1) is 22.4 Å². The number of para-hydroxylation sites is 2. The van der Waals surface area contributed by atoms with E-state index in [1.165, 1.54) is 29.3 Å². The van der Waals surface area contributed by atoms with E-state index < -0.39 is 11.6 Å². The second-order valence-corrected chi connectivity index (χ2v) is 19.3. The maximum Gasteiger partial charge on any atom is 0.149 e. The van der Waals surface area contributed by atoms with Crippen LogP contribution in [0.5, 0.6) is 11.5 Å². The summed E-state index contributed by atoms with van der Waals surface area (Å²) in [6.45, 7) is 20.1. The Morgan fingerprint density at radius 3 is 1.93 bits per heavy atom. The van der Waals surface area contributed by atoms with E-state index in [2.05, 4.69) is 151 Å². The molecule has 9 rings (SSSR count). The van der Waals surface area contributed by atoms with Crippen molar-refractivity contribution in [1.82, 2.24) is 9.55 Å². The van der Waals surface area contributed by atoms with Gasteiger partial charge in [0, 0.05) is 34.8 Å². The first kappa shape index (κ1) is 40.0. The summed E-state index contributed by atoms with van der Waals surface area (Å²) in [4.78, 5) is 8.61. The lowest BCUT2D eigenvalue weighted by Gasteiger charge is -2.28. The zero-order valence-electron chi connectivity index (χ0n) is 36.4. The van der Waals surface area contributed by atoms with Gasteiger partial charge in [-0.1, -0.05) is 117 Å². The number of hydrogen-bond donors (Lipinski definition) is 0. The number of halogens is 2. The predicted molar refractivity (Wildman–Crippen MR) is 249 cm³/mol. The van der Waals surface area contributed by atoms with Crippen molar-refractivity contribution < 1.29 is 13.5 Å². The highest BCUT2D eigenvalue weighted by Gasteiger charge is 2.34. The minimum absolute atomic E-state index is 0.0400. The maximum absolute atomic E-state index is 15.7. The Bertz CT molecular complexity index is 2950. The highest BCUT2D eigenvalue weighted by Crippen LogP contribution is 2.49. The fourth-order valence-electron chi connectivity index (χ4n) is 8.61. The Hall–Kier alpha value is -6.47. The summed E-state index contributed by atoms with van der Waals surface area (Å²) in [6.07, 6.45) is 1.81. The van der Waals surface area contributed by atoms with Crippen LogP contribution in [0, 0.1) is 11.6 Å². The molecular formula is C54H52F2N4O. The van der Waals surface area contributed by atoms with Gasteiger partial charge >= 0.3 is 0 Å². The Labute approximate surface area is 357 Å². The minimum atomic E-state index is -0.612. The second kappa shape index (κ2) is 14.6. The summed E-state index contributed by atoms with van der Waals surface area (Å²) in [5, 5.41) is 2.23. The summed E-state index contributed by atoms with van der Waals surface area (Å²) in [5.74, 6) is 0.900. The van der Waals surface area contributed by atoms with Gasteiger partial charge in [-0.25, -0.2) is 13.8 Å². The molecule has 8 aromatic rings. The number of fused-ring (bicyclic) bond motifs is 4. The number of anilines is 4. The molecule has 5 nitrogen and oxygen atoms in total. The minimum Gasteiger partial charge on any atom is -0.457 e. The first-order chi connectivity index (χ1) is 29.0. The fourth-order valence-corrected chi connectivity index (χ4v) is 8.61. The topological polar surface area (TPSA) is 33.5 Å². The summed E-state index contributed by atoms with van der Waals surface area (Å²) in [7, 11) is 0. The first-order valence-electron chi connectivity index (χ1n) is 21.0. The fraction of sp³-hybridized carbons (Fsp3) is 0.241. The van der Waals surface area contributed by atoms with Crippen molar-refractivity contribution in [2.75, 3.05) is 16.5 Å². The van der Waals surface area contributed by atoms with Crippen LogP contribution in [0.25, 0.3) is 38.8 Å². The molecule has 6 aromatic carbocycles. The average Bonchev–Trinajstić information content (AvgIpc) is 3.75. The van der Waals surface area contributed by atoms with Gasteiger partial charge in [-0.15, -0.1) is 0 Å². The van der Waals surface area contributed by atoms with Gasteiger partial charge in [-0.05, 0) is 111 Å². The molecule has 0 N–H and O–H groups in total. The van der Waals surface area contributed by atoms with E-state index >= 15 is 8.78 Å². The SMILES string of the molecule is CC(C)(C)c1ccc2c(c1)N(c1c(F)cccc1F)CN2c1cc(Oc2ccc3c4ccccc4n(-c4ccccn4)c3c2)cc(-c2ccc(C(C)(C)C)cc2C(C)(C)C)c1. The molecule has 7 heteroatoms. The number of benzene rings is 6. The van der Waals surface area contributed by atoms with E-state index in [4.69, 9.17) is 9.72 Å². The van der Waals surface area contributed by atoms with Crippen LogP contribution in [0.3, 0.4) is 0 Å². The summed E-state index contributed by atoms with van der Waals surface area (Å²) in [6, 6.07) is 43.9. The lowest BCUT2D eigenvalue weighted by molar-refractivity contribution is 0.483. The number of pyridine rings is 1. The molecule has 3 heterocycles. The largest absolute Gasteiger partial charge is 0.457 e. The molecule has 0 atom stereocenters. The third-order valence-corrected chi connectivity index (χ3v) is 11.9. The van der Waals surface area contributed by atoms with Gasteiger partial charge in [0.15, 0.2) is 0 Å². The van der Waals surface area contributed by atoms with Crippen molar-refractivity contribution in [3.05, 3.63) is 168 Å². The van der Waals surface area contributed by atoms with Crippen molar-refractivity contribution in [3.63, 3.8) is 0 Å². The van der Waals surface area contributed by atoms with Crippen molar-refractivity contribution in [2.24, 2.45) is 0 Å². The lowest BCUT2D eigenvalue weighted by atomic mass is 9.77. The summed E-state index contributed by atoms with van der Waals surface area (Å²) < 4.78 is 40.6. The number of nitrogens with zero attached hydrogens (tertiary/aromatic N) is 4. The molecule has 308 valence electrons. The lowest BCUT2D eigenvalue weighted by Crippen LogP contribution is -2.25. The molecule has 0 spiro atoms. The van der Waals surface area contributed by atoms with Crippen LogP contribution in [0.4, 0.5) is 31.5 Å². The summed E-state index contributed by atoms with van der Waals surface area (Å²) >= 11 is 0. The molecule has 0 saturated heterocycles. The molecular weight excluding hydrogens is 759 g/mol. The van der Waals surface area contributed by atoms with E-state index in [0.29, 0.717) is 11.5 Å². The van der Waals surface area contributed by atoms with Crippen LogP contribution in [0.1, 0.15) is 79.0 Å². The van der Waals surface area contributed by atoms with Crippen LogP contribution < -0.4 is 14.5 Å². The molecule has 61 heavy (non-hydrogen) atoms. The first-order valence-corrected chi connectivity index (χ1v) is 21.0. The van der Waals surface area contributed by atoms with Crippen molar-refractivity contribution in [3.8, 4) is 28.4 Å². The van der Waals surface area contributed by atoms with Crippen LogP contribution >= 0.6 is 0 Å². The van der Waals surface area contributed by atoms with E-state index in [-0.39, 0.29) is 28.6 Å².